The molecule has 11 heteroatoms. The molecular formula is C19H23N7O3S. The van der Waals surface area contributed by atoms with Crippen LogP contribution in [-0.2, 0) is 5.41 Å². The number of carbonyl (C=O) groups is 2. The van der Waals surface area contributed by atoms with E-state index in [2.05, 4.69) is 21.2 Å². The van der Waals surface area contributed by atoms with Crippen molar-refractivity contribution in [2.45, 2.75) is 26.2 Å². The average molecular weight is 430 g/mol. The second kappa shape index (κ2) is 8.03. The third kappa shape index (κ3) is 4.35. The Morgan fingerprint density at radius 3 is 2.40 bits per heavy atom. The highest BCUT2D eigenvalue weighted by atomic mass is 32.1. The highest BCUT2D eigenvalue weighted by molar-refractivity contribution is 7.12. The van der Waals surface area contributed by atoms with Gasteiger partial charge in [-0.25, -0.2) is 9.47 Å². The van der Waals surface area contributed by atoms with Gasteiger partial charge < -0.3 is 21.0 Å². The van der Waals surface area contributed by atoms with E-state index >= 15 is 0 Å². The summed E-state index contributed by atoms with van der Waals surface area (Å²) in [6.07, 6.45) is 0. The number of ketones is 1. The number of urea groups is 1. The fourth-order valence-electron chi connectivity index (χ4n) is 2.59. The maximum Gasteiger partial charge on any atom is 0.324 e. The van der Waals surface area contributed by atoms with Crippen molar-refractivity contribution < 1.29 is 14.1 Å². The van der Waals surface area contributed by atoms with Gasteiger partial charge >= 0.3 is 6.03 Å². The maximum absolute atomic E-state index is 12.7. The first-order valence-electron chi connectivity index (χ1n) is 9.04. The van der Waals surface area contributed by atoms with Crippen molar-refractivity contribution in [2.24, 2.45) is 0 Å². The highest BCUT2D eigenvalue weighted by Gasteiger charge is 2.21. The molecular weight excluding hydrogens is 406 g/mol. The molecule has 0 aliphatic rings. The van der Waals surface area contributed by atoms with Crippen LogP contribution in [0.4, 0.5) is 22.1 Å². The second-order valence-electron chi connectivity index (χ2n) is 7.49. The Morgan fingerprint density at radius 1 is 1.20 bits per heavy atom. The van der Waals surface area contributed by atoms with E-state index in [-0.39, 0.29) is 26.7 Å². The summed E-state index contributed by atoms with van der Waals surface area (Å²) < 4.78 is 6.56. The molecule has 0 saturated carbocycles. The molecule has 2 heterocycles. The van der Waals surface area contributed by atoms with Crippen LogP contribution >= 0.6 is 11.3 Å². The number of thiazole rings is 1. The number of hydrogen-bond donors (Lipinski definition) is 5. The molecule has 10 nitrogen and oxygen atoms in total. The lowest BCUT2D eigenvalue weighted by atomic mass is 9.93. The van der Waals surface area contributed by atoms with Crippen molar-refractivity contribution in [1.82, 2.24) is 9.83 Å². The van der Waals surface area contributed by atoms with E-state index in [1.54, 1.807) is 37.4 Å². The minimum atomic E-state index is -0.487. The molecule has 2 amide bonds. The van der Waals surface area contributed by atoms with Crippen molar-refractivity contribution in [3.05, 3.63) is 51.3 Å². The molecule has 0 bridgehead atoms. The molecule has 0 saturated heterocycles. The van der Waals surface area contributed by atoms with Crippen LogP contribution in [0.2, 0.25) is 0 Å². The molecule has 0 aliphatic carbocycles. The number of anilines is 3. The first-order chi connectivity index (χ1) is 14.1. The Kier molecular flexibility index (Phi) is 5.65. The molecule has 0 atom stereocenters. The van der Waals surface area contributed by atoms with E-state index in [4.69, 9.17) is 15.7 Å². The molecule has 6 N–H and O–H groups in total. The van der Waals surface area contributed by atoms with Crippen molar-refractivity contribution >= 4 is 40.5 Å². The fraction of sp³-hybridized carbons (Fsp3) is 0.263. The number of aromatic nitrogens is 2. The van der Waals surface area contributed by atoms with E-state index in [0.29, 0.717) is 22.8 Å². The Bertz CT molecular complexity index is 1140. The number of nitrogens with two attached hydrogens (primary N) is 1. The Morgan fingerprint density at radius 2 is 1.87 bits per heavy atom. The molecule has 2 aromatic heterocycles. The van der Waals surface area contributed by atoms with E-state index < -0.39 is 6.03 Å². The number of nitrogens with zero attached hydrogens (tertiary/aromatic N) is 2. The molecule has 0 radical (unpaired) electrons. The van der Waals surface area contributed by atoms with Crippen LogP contribution in [0.5, 0.6) is 0 Å². The lowest BCUT2D eigenvalue weighted by Crippen LogP contribution is -2.23. The summed E-state index contributed by atoms with van der Waals surface area (Å²) in [6, 6.07) is 7.56. The maximum atomic E-state index is 12.7. The van der Waals surface area contributed by atoms with E-state index in [9.17, 15) is 9.59 Å². The summed E-state index contributed by atoms with van der Waals surface area (Å²) in [7, 11) is 1.61. The monoisotopic (exact) mass is 429 g/mol. The van der Waals surface area contributed by atoms with E-state index in [1.165, 1.54) is 4.68 Å². The predicted octanol–water partition coefficient (Wildman–Crippen LogP) is 2.95. The van der Waals surface area contributed by atoms with Gasteiger partial charge in [-0.3, -0.25) is 15.5 Å². The van der Waals surface area contributed by atoms with Crippen molar-refractivity contribution in [1.29, 1.82) is 5.41 Å². The summed E-state index contributed by atoms with van der Waals surface area (Å²) >= 11 is 0.985. The lowest BCUT2D eigenvalue weighted by molar-refractivity contribution is 0.104. The van der Waals surface area contributed by atoms with Gasteiger partial charge in [0.25, 0.3) is 0 Å². The van der Waals surface area contributed by atoms with Crippen LogP contribution in [0.15, 0.2) is 34.9 Å². The van der Waals surface area contributed by atoms with Gasteiger partial charge in [0, 0.05) is 29.8 Å². The van der Waals surface area contributed by atoms with Crippen LogP contribution in [0.3, 0.4) is 0 Å². The van der Waals surface area contributed by atoms with Gasteiger partial charge in [0.05, 0.1) is 0 Å². The fourth-order valence-corrected chi connectivity index (χ4v) is 3.47. The number of amides is 2. The first-order valence-corrected chi connectivity index (χ1v) is 9.85. The third-order valence-corrected chi connectivity index (χ3v) is 5.18. The standard InChI is InChI=1S/C19H23N7O3S/c1-19(2,3)12-9-13(25-29-12)24-18(28)23-11-7-5-10(6-8-11)14(27)15-16(20)26(22-4)17(21)30-15/h5-9,21-22H,20H2,1-4H3,(H2,23,24,25,28). The van der Waals surface area contributed by atoms with Crippen LogP contribution < -0.4 is 26.6 Å². The molecule has 3 aromatic rings. The van der Waals surface area contributed by atoms with Crippen LogP contribution in [0.25, 0.3) is 0 Å². The summed E-state index contributed by atoms with van der Waals surface area (Å²) in [6.45, 7) is 5.94. The lowest BCUT2D eigenvalue weighted by Gasteiger charge is -2.12. The van der Waals surface area contributed by atoms with Gasteiger partial charge in [0.15, 0.2) is 5.82 Å². The topological polar surface area (TPSA) is 151 Å². The third-order valence-electron chi connectivity index (χ3n) is 4.20. The summed E-state index contributed by atoms with van der Waals surface area (Å²) in [4.78, 5) is 25.3. The van der Waals surface area contributed by atoms with E-state index in [0.717, 1.165) is 11.3 Å². The van der Waals surface area contributed by atoms with Gasteiger partial charge in [0.2, 0.25) is 10.6 Å². The van der Waals surface area contributed by atoms with Gasteiger partial charge in [-0.05, 0) is 24.3 Å². The zero-order valence-electron chi connectivity index (χ0n) is 17.0. The van der Waals surface area contributed by atoms with E-state index in [1.807, 2.05) is 20.8 Å². The second-order valence-corrected chi connectivity index (χ2v) is 8.49. The molecule has 0 spiro atoms. The smallest absolute Gasteiger partial charge is 0.324 e. The van der Waals surface area contributed by atoms with Gasteiger partial charge in [-0.2, -0.15) is 0 Å². The number of rotatable bonds is 5. The first kappa shape index (κ1) is 21.1. The molecule has 0 fully saturated rings. The Labute approximate surface area is 176 Å². The summed E-state index contributed by atoms with van der Waals surface area (Å²) in [5.41, 5.74) is 9.36. The largest absolute Gasteiger partial charge is 0.382 e. The minimum absolute atomic E-state index is 0.121. The van der Waals surface area contributed by atoms with Crippen LogP contribution in [0, 0.1) is 5.41 Å². The van der Waals surface area contributed by atoms with Crippen molar-refractivity contribution in [2.75, 3.05) is 28.8 Å². The minimum Gasteiger partial charge on any atom is -0.382 e. The average Bonchev–Trinajstić information content (AvgIpc) is 3.25. The summed E-state index contributed by atoms with van der Waals surface area (Å²) in [5.74, 6) is 0.847. The molecule has 30 heavy (non-hydrogen) atoms. The zero-order chi connectivity index (χ0) is 22.1. The Hall–Kier alpha value is -3.60. The molecule has 158 valence electrons. The molecule has 1 aromatic carbocycles. The number of nitrogen functional groups attached to an aromatic ring is 1. The van der Waals surface area contributed by atoms with Crippen LogP contribution in [0.1, 0.15) is 41.8 Å². The quantitative estimate of drug-likeness (QED) is 0.393. The van der Waals surface area contributed by atoms with Gasteiger partial charge in [-0.1, -0.05) is 37.3 Å². The number of benzene rings is 1. The predicted molar refractivity (Wildman–Crippen MR) is 116 cm³/mol. The number of carbonyl (C=O) groups excluding carboxylic acids is 2. The van der Waals surface area contributed by atoms with Crippen molar-refractivity contribution in [3.8, 4) is 0 Å². The number of nitrogens with one attached hydrogen (secondary N) is 4. The van der Waals surface area contributed by atoms with Crippen LogP contribution in [-0.4, -0.2) is 28.7 Å². The SMILES string of the molecule is CNn1c(N)c(C(=O)c2ccc(NC(=O)Nc3cc(C(C)(C)C)on3)cc2)sc1=N. The highest BCUT2D eigenvalue weighted by Crippen LogP contribution is 2.24. The number of hydrogen-bond acceptors (Lipinski definition) is 8. The molecule has 0 unspecified atom stereocenters. The van der Waals surface area contributed by atoms with Gasteiger partial charge in [-0.15, -0.1) is 0 Å². The summed E-state index contributed by atoms with van der Waals surface area (Å²) in [5, 5.41) is 17.0. The zero-order valence-corrected chi connectivity index (χ0v) is 17.8. The molecule has 3 rings (SSSR count). The normalized spacial score (nSPS) is 11.2. The van der Waals surface area contributed by atoms with Gasteiger partial charge in [0.1, 0.15) is 16.5 Å². The van der Waals surface area contributed by atoms with Crippen molar-refractivity contribution in [3.63, 3.8) is 0 Å². The Balaban J connectivity index is 1.67. The molecule has 0 aliphatic heterocycles.